The molecule has 0 saturated carbocycles. The summed E-state index contributed by atoms with van der Waals surface area (Å²) in [6.45, 7) is 1.79. The molecule has 0 spiro atoms. The van der Waals surface area contributed by atoms with Crippen LogP contribution in [0.15, 0.2) is 36.4 Å². The molecule has 0 fully saturated rings. The van der Waals surface area contributed by atoms with E-state index < -0.39 is 0 Å². The quantitative estimate of drug-likeness (QED) is 0.764. The Balaban J connectivity index is 2.55. The second-order valence-electron chi connectivity index (χ2n) is 3.84. The molecule has 0 unspecified atom stereocenters. The highest BCUT2D eigenvalue weighted by molar-refractivity contribution is 5.68. The van der Waals surface area contributed by atoms with Gasteiger partial charge in [-0.25, -0.2) is 8.78 Å². The maximum absolute atomic E-state index is 13.4. The average Bonchev–Trinajstić information content (AvgIpc) is 2.28. The van der Waals surface area contributed by atoms with E-state index in [9.17, 15) is 8.78 Å². The topological polar surface area (TPSA) is 9.23 Å². The first-order chi connectivity index (χ1) is 8.10. The van der Waals surface area contributed by atoms with Crippen LogP contribution < -0.4 is 4.74 Å². The molecule has 17 heavy (non-hydrogen) atoms. The first kappa shape index (κ1) is 11.6. The monoisotopic (exact) mass is 234 g/mol. The van der Waals surface area contributed by atoms with Crippen LogP contribution >= 0.6 is 0 Å². The first-order valence-electron chi connectivity index (χ1n) is 5.21. The zero-order valence-corrected chi connectivity index (χ0v) is 9.63. The highest BCUT2D eigenvalue weighted by atomic mass is 19.1. The molecule has 0 heterocycles. The minimum atomic E-state index is -0.372. The zero-order valence-electron chi connectivity index (χ0n) is 9.63. The molecule has 0 saturated heterocycles. The largest absolute Gasteiger partial charge is 0.497 e. The van der Waals surface area contributed by atoms with Gasteiger partial charge in [0.2, 0.25) is 0 Å². The Morgan fingerprint density at radius 1 is 0.941 bits per heavy atom. The number of benzene rings is 2. The third-order valence-corrected chi connectivity index (χ3v) is 2.61. The van der Waals surface area contributed by atoms with Gasteiger partial charge in [-0.2, -0.15) is 0 Å². The summed E-state index contributed by atoms with van der Waals surface area (Å²) in [7, 11) is 1.48. The highest BCUT2D eigenvalue weighted by Gasteiger charge is 2.06. The summed E-state index contributed by atoms with van der Waals surface area (Å²) < 4.78 is 31.4. The molecule has 0 N–H and O–H groups in total. The summed E-state index contributed by atoms with van der Waals surface area (Å²) in [6.07, 6.45) is 0. The molecule has 2 aromatic carbocycles. The van der Waals surface area contributed by atoms with Gasteiger partial charge in [0, 0.05) is 6.07 Å². The van der Waals surface area contributed by atoms with Crippen LogP contribution in [0.3, 0.4) is 0 Å². The molecular formula is C14H12F2O. The van der Waals surface area contributed by atoms with E-state index in [1.54, 1.807) is 19.1 Å². The van der Waals surface area contributed by atoms with Crippen LogP contribution in [0, 0.1) is 18.6 Å². The minimum absolute atomic E-state index is 0.297. The predicted molar refractivity (Wildman–Crippen MR) is 63.1 cm³/mol. The van der Waals surface area contributed by atoms with E-state index in [1.165, 1.54) is 31.4 Å². The van der Waals surface area contributed by atoms with Gasteiger partial charge < -0.3 is 4.74 Å². The number of aryl methyl sites for hydroxylation is 1. The Morgan fingerprint density at radius 2 is 1.71 bits per heavy atom. The van der Waals surface area contributed by atoms with Crippen molar-refractivity contribution >= 4 is 0 Å². The smallest absolute Gasteiger partial charge is 0.127 e. The fraction of sp³-hybridized carbons (Fsp3) is 0.143. The van der Waals surface area contributed by atoms with E-state index in [-0.39, 0.29) is 11.6 Å². The van der Waals surface area contributed by atoms with Crippen LogP contribution in [-0.4, -0.2) is 7.11 Å². The SMILES string of the molecule is COc1cc(F)cc(-c2ccc(F)cc2C)c1. The molecule has 0 aromatic heterocycles. The maximum atomic E-state index is 13.4. The van der Waals surface area contributed by atoms with Gasteiger partial charge >= 0.3 is 0 Å². The van der Waals surface area contributed by atoms with E-state index in [1.807, 2.05) is 0 Å². The molecule has 0 aliphatic heterocycles. The van der Waals surface area contributed by atoms with Gasteiger partial charge in [0.05, 0.1) is 7.11 Å². The van der Waals surface area contributed by atoms with Crippen molar-refractivity contribution in [3.63, 3.8) is 0 Å². The van der Waals surface area contributed by atoms with Crippen molar-refractivity contribution in [1.29, 1.82) is 0 Å². The van der Waals surface area contributed by atoms with Crippen molar-refractivity contribution < 1.29 is 13.5 Å². The van der Waals surface area contributed by atoms with Gasteiger partial charge in [0.15, 0.2) is 0 Å². The maximum Gasteiger partial charge on any atom is 0.127 e. The van der Waals surface area contributed by atoms with Crippen molar-refractivity contribution in [2.24, 2.45) is 0 Å². The van der Waals surface area contributed by atoms with E-state index in [4.69, 9.17) is 4.74 Å². The number of ether oxygens (including phenoxy) is 1. The molecule has 3 heteroatoms. The van der Waals surface area contributed by atoms with Crippen molar-refractivity contribution in [3.8, 4) is 16.9 Å². The molecular weight excluding hydrogens is 222 g/mol. The third-order valence-electron chi connectivity index (χ3n) is 2.61. The molecule has 0 aliphatic carbocycles. The summed E-state index contributed by atoms with van der Waals surface area (Å²) in [6, 6.07) is 8.86. The van der Waals surface area contributed by atoms with Crippen LogP contribution in [0.5, 0.6) is 5.75 Å². The number of rotatable bonds is 2. The van der Waals surface area contributed by atoms with Crippen molar-refractivity contribution in [2.45, 2.75) is 6.92 Å². The summed E-state index contributed by atoms with van der Waals surface area (Å²) in [5.74, 6) is -0.221. The highest BCUT2D eigenvalue weighted by Crippen LogP contribution is 2.28. The van der Waals surface area contributed by atoms with Crippen molar-refractivity contribution in [2.75, 3.05) is 7.11 Å². The summed E-state index contributed by atoms with van der Waals surface area (Å²) in [4.78, 5) is 0. The molecule has 0 amide bonds. The Hall–Kier alpha value is -1.90. The number of hydrogen-bond donors (Lipinski definition) is 0. The van der Waals surface area contributed by atoms with Gasteiger partial charge in [-0.15, -0.1) is 0 Å². The molecule has 0 radical (unpaired) electrons. The normalized spacial score (nSPS) is 10.4. The zero-order chi connectivity index (χ0) is 12.4. The van der Waals surface area contributed by atoms with E-state index >= 15 is 0 Å². The van der Waals surface area contributed by atoms with Crippen LogP contribution in [0.1, 0.15) is 5.56 Å². The van der Waals surface area contributed by atoms with Gasteiger partial charge in [0.25, 0.3) is 0 Å². The fourth-order valence-corrected chi connectivity index (χ4v) is 1.79. The Labute approximate surface area is 98.7 Å². The average molecular weight is 234 g/mol. The van der Waals surface area contributed by atoms with Gasteiger partial charge in [-0.1, -0.05) is 6.07 Å². The molecule has 2 rings (SSSR count). The van der Waals surface area contributed by atoms with Crippen LogP contribution in [0.25, 0.3) is 11.1 Å². The summed E-state index contributed by atoms with van der Waals surface area (Å²) >= 11 is 0. The fourth-order valence-electron chi connectivity index (χ4n) is 1.79. The molecule has 88 valence electrons. The van der Waals surface area contributed by atoms with Crippen LogP contribution in [0.4, 0.5) is 8.78 Å². The Bertz CT molecular complexity index is 550. The Morgan fingerprint density at radius 3 is 2.35 bits per heavy atom. The summed E-state index contributed by atoms with van der Waals surface area (Å²) in [5, 5.41) is 0. The predicted octanol–water partition coefficient (Wildman–Crippen LogP) is 3.95. The van der Waals surface area contributed by atoms with Crippen LogP contribution in [0.2, 0.25) is 0 Å². The van der Waals surface area contributed by atoms with Gasteiger partial charge in [-0.05, 0) is 47.9 Å². The van der Waals surface area contributed by atoms with Crippen molar-refractivity contribution in [3.05, 3.63) is 53.6 Å². The standard InChI is InChI=1S/C14H12F2O/c1-9-5-11(15)3-4-14(9)10-6-12(16)8-13(7-10)17-2/h3-8H,1-2H3. The number of methoxy groups -OCH3 is 1. The first-order valence-corrected chi connectivity index (χ1v) is 5.21. The lowest BCUT2D eigenvalue weighted by Crippen LogP contribution is -1.89. The lowest BCUT2D eigenvalue weighted by molar-refractivity contribution is 0.411. The summed E-state index contributed by atoms with van der Waals surface area (Å²) in [5.41, 5.74) is 2.24. The molecule has 0 bridgehead atoms. The second-order valence-corrected chi connectivity index (χ2v) is 3.84. The van der Waals surface area contributed by atoms with E-state index in [0.717, 1.165) is 11.1 Å². The van der Waals surface area contributed by atoms with E-state index in [2.05, 4.69) is 0 Å². The molecule has 0 aliphatic rings. The molecule has 0 atom stereocenters. The Kier molecular flexibility index (Phi) is 3.09. The number of hydrogen-bond acceptors (Lipinski definition) is 1. The molecule has 1 nitrogen and oxygen atoms in total. The van der Waals surface area contributed by atoms with Gasteiger partial charge in [0.1, 0.15) is 17.4 Å². The van der Waals surface area contributed by atoms with Crippen LogP contribution in [-0.2, 0) is 0 Å². The lowest BCUT2D eigenvalue weighted by atomic mass is 10.0. The minimum Gasteiger partial charge on any atom is -0.497 e. The second kappa shape index (κ2) is 4.53. The lowest BCUT2D eigenvalue weighted by Gasteiger charge is -2.08. The van der Waals surface area contributed by atoms with Crippen molar-refractivity contribution in [1.82, 2.24) is 0 Å². The third kappa shape index (κ3) is 2.44. The van der Waals surface area contributed by atoms with Gasteiger partial charge in [-0.3, -0.25) is 0 Å². The number of halogens is 2. The molecule has 2 aromatic rings. The van der Waals surface area contributed by atoms with E-state index in [0.29, 0.717) is 11.3 Å².